The normalized spacial score (nSPS) is 12.4. The molecule has 0 amide bonds. The lowest BCUT2D eigenvalue weighted by atomic mass is 9.80. The Kier molecular flexibility index (Phi) is 10.3. The zero-order valence-corrected chi connectivity index (χ0v) is 35.4. The second-order valence-electron chi connectivity index (χ2n) is 18.0. The van der Waals surface area contributed by atoms with Gasteiger partial charge in [-0.15, -0.1) is 12.8 Å². The van der Waals surface area contributed by atoms with Crippen molar-refractivity contribution < 1.29 is 9.47 Å². The van der Waals surface area contributed by atoms with E-state index < -0.39 is 0 Å². The van der Waals surface area contributed by atoms with Gasteiger partial charge in [-0.3, -0.25) is 0 Å². The fourth-order valence-electron chi connectivity index (χ4n) is 8.24. The molecule has 2 aromatic heterocycles. The van der Waals surface area contributed by atoms with Gasteiger partial charge in [0.05, 0.1) is 57.3 Å². The number of aromatic nitrogens is 4. The van der Waals surface area contributed by atoms with Gasteiger partial charge in [-0.1, -0.05) is 106 Å². The average molecular weight is 767 g/mol. The van der Waals surface area contributed by atoms with Crippen molar-refractivity contribution >= 4 is 76.5 Å². The maximum atomic E-state index is 6.47. The fourth-order valence-corrected chi connectivity index (χ4v) is 8.24. The van der Waals surface area contributed by atoms with Crippen molar-refractivity contribution in [2.75, 3.05) is 13.2 Å². The van der Waals surface area contributed by atoms with Gasteiger partial charge >= 0.3 is 0 Å². The molecule has 6 heteroatoms. The van der Waals surface area contributed by atoms with Crippen LogP contribution in [0.15, 0.2) is 48.5 Å². The van der Waals surface area contributed by atoms with Crippen molar-refractivity contribution in [3.63, 3.8) is 0 Å². The molecule has 0 saturated carbocycles. The molecule has 8 aromatic rings. The summed E-state index contributed by atoms with van der Waals surface area (Å²) in [5, 5.41) is 6.37. The Morgan fingerprint density at radius 3 is 1.09 bits per heavy atom. The molecule has 0 aliphatic carbocycles. The van der Waals surface area contributed by atoms with Crippen LogP contribution in [0.1, 0.15) is 129 Å². The van der Waals surface area contributed by atoms with Crippen molar-refractivity contribution in [1.82, 2.24) is 19.9 Å². The molecule has 2 heterocycles. The lowest BCUT2D eigenvalue weighted by molar-refractivity contribution is 0.259. The van der Waals surface area contributed by atoms with Gasteiger partial charge < -0.3 is 9.47 Å². The van der Waals surface area contributed by atoms with E-state index in [9.17, 15) is 0 Å². The topological polar surface area (TPSA) is 70.0 Å². The number of nitrogens with zero attached hydrogens (tertiary/aromatic N) is 4. The minimum atomic E-state index is -0.169. The molecule has 0 saturated heterocycles. The Labute approximate surface area is 342 Å². The third-order valence-corrected chi connectivity index (χ3v) is 11.6. The van der Waals surface area contributed by atoms with Crippen LogP contribution in [-0.2, 0) is 10.8 Å². The third-order valence-electron chi connectivity index (χ3n) is 11.6. The second-order valence-corrected chi connectivity index (χ2v) is 18.0. The van der Waals surface area contributed by atoms with Crippen LogP contribution < -0.4 is 9.47 Å². The number of rotatable bonds is 12. The molecule has 0 N–H and O–H groups in total. The van der Waals surface area contributed by atoms with Crippen molar-refractivity contribution in [3.05, 3.63) is 70.8 Å². The van der Waals surface area contributed by atoms with E-state index >= 15 is 0 Å². The van der Waals surface area contributed by atoms with Gasteiger partial charge in [0.2, 0.25) is 0 Å². The quantitative estimate of drug-likeness (QED) is 0.0534. The van der Waals surface area contributed by atoms with Gasteiger partial charge in [-0.25, -0.2) is 19.9 Å². The SMILES string of the molecule is C#Cc1cc2nc3c4cc(C(C)(C)C)cc5c6nc7cc(OCCCCCC)c(OCCCCCC)cc7nc6c6cc(C(C)(C)C)cc(c3nc2cc1C#C)c6c45. The maximum absolute atomic E-state index is 6.47. The van der Waals surface area contributed by atoms with Crippen LogP contribution >= 0.6 is 0 Å². The Morgan fingerprint density at radius 2 is 0.793 bits per heavy atom. The van der Waals surface area contributed by atoms with Gasteiger partial charge in [-0.05, 0) is 71.2 Å². The van der Waals surface area contributed by atoms with E-state index in [0.29, 0.717) is 35.4 Å². The summed E-state index contributed by atoms with van der Waals surface area (Å²) < 4.78 is 12.9. The molecule has 0 atom stereocenters. The van der Waals surface area contributed by atoms with Crippen molar-refractivity contribution in [2.45, 2.75) is 118 Å². The van der Waals surface area contributed by atoms with Crippen LogP contribution in [0.4, 0.5) is 0 Å². The zero-order chi connectivity index (χ0) is 40.9. The highest BCUT2D eigenvalue weighted by molar-refractivity contribution is 6.39. The maximum Gasteiger partial charge on any atom is 0.163 e. The van der Waals surface area contributed by atoms with Crippen molar-refractivity contribution in [2.24, 2.45) is 0 Å². The molecule has 8 rings (SSSR count). The third kappa shape index (κ3) is 6.98. The summed E-state index contributed by atoms with van der Waals surface area (Å²) >= 11 is 0. The first-order valence-electron chi connectivity index (χ1n) is 21.1. The number of unbranched alkanes of at least 4 members (excludes halogenated alkanes) is 6. The summed E-state index contributed by atoms with van der Waals surface area (Å²) in [4.78, 5) is 21.8. The lowest BCUT2D eigenvalue weighted by Crippen LogP contribution is -2.12. The van der Waals surface area contributed by atoms with Gasteiger partial charge in [-0.2, -0.15) is 0 Å². The zero-order valence-electron chi connectivity index (χ0n) is 35.4. The molecule has 58 heavy (non-hydrogen) atoms. The summed E-state index contributed by atoms with van der Waals surface area (Å²) in [6, 6.07) is 17.1. The number of terminal acetylenes is 2. The summed E-state index contributed by atoms with van der Waals surface area (Å²) in [6.07, 6.45) is 20.9. The van der Waals surface area contributed by atoms with Crippen LogP contribution in [0.2, 0.25) is 0 Å². The molecule has 0 bridgehead atoms. The number of hydrogen-bond acceptors (Lipinski definition) is 6. The van der Waals surface area contributed by atoms with Gasteiger partial charge in [0.1, 0.15) is 0 Å². The van der Waals surface area contributed by atoms with E-state index in [1.807, 2.05) is 24.3 Å². The van der Waals surface area contributed by atoms with E-state index in [-0.39, 0.29) is 10.8 Å². The Morgan fingerprint density at radius 1 is 0.466 bits per heavy atom. The molecule has 0 fully saturated rings. The number of benzene rings is 6. The van der Waals surface area contributed by atoms with Gasteiger partial charge in [0.15, 0.2) is 11.5 Å². The fraction of sp³-hybridized carbons (Fsp3) is 0.385. The average Bonchev–Trinajstić information content (AvgIpc) is 3.20. The van der Waals surface area contributed by atoms with E-state index in [2.05, 4.69) is 91.5 Å². The molecular weight excluding hydrogens is 713 g/mol. The standard InChI is InChI=1S/C52H54N4O2/c1-11-15-17-19-21-57-43-29-41-42(30-44(43)58-22-20-18-16-12-2)56-50-38-28-34(52(8,9)10)26-36-46(38)45-35(25-33(51(5,6)7)27-37(45)49(50)55-41)47-48(36)54-40-24-32(14-4)31(13-3)23-39(40)53-47/h3-4,23-30H,11-12,15-22H2,1-2,5-10H3. The first-order chi connectivity index (χ1) is 27.8. The van der Waals surface area contributed by atoms with E-state index in [1.165, 1.54) is 36.8 Å². The molecule has 0 spiro atoms. The first-order valence-corrected chi connectivity index (χ1v) is 21.1. The molecule has 6 aromatic carbocycles. The Balaban J connectivity index is 1.49. The van der Waals surface area contributed by atoms with Crippen LogP contribution in [0.3, 0.4) is 0 Å². The molecule has 0 radical (unpaired) electrons. The highest BCUT2D eigenvalue weighted by Gasteiger charge is 2.27. The highest BCUT2D eigenvalue weighted by Crippen LogP contribution is 2.47. The Bertz CT molecular complexity index is 2770. The molecule has 0 aliphatic heterocycles. The molecule has 0 aliphatic rings. The lowest BCUT2D eigenvalue weighted by Gasteiger charge is -2.25. The van der Waals surface area contributed by atoms with E-state index in [1.54, 1.807) is 0 Å². The van der Waals surface area contributed by atoms with E-state index in [4.69, 9.17) is 42.3 Å². The summed E-state index contributed by atoms with van der Waals surface area (Å²) in [7, 11) is 0. The summed E-state index contributed by atoms with van der Waals surface area (Å²) in [5.41, 5.74) is 9.62. The molecule has 6 nitrogen and oxygen atoms in total. The number of ether oxygens (including phenoxy) is 2. The van der Waals surface area contributed by atoms with Gasteiger partial charge in [0.25, 0.3) is 0 Å². The highest BCUT2D eigenvalue weighted by atomic mass is 16.5. The molecule has 294 valence electrons. The van der Waals surface area contributed by atoms with Crippen LogP contribution in [0, 0.1) is 24.7 Å². The van der Waals surface area contributed by atoms with E-state index in [0.717, 1.165) is 103 Å². The van der Waals surface area contributed by atoms with Crippen molar-refractivity contribution in [3.8, 4) is 36.2 Å². The summed E-state index contributed by atoms with van der Waals surface area (Å²) in [5.74, 6) is 6.97. The predicted molar refractivity (Wildman–Crippen MR) is 244 cm³/mol. The van der Waals surface area contributed by atoms with Crippen LogP contribution in [0.5, 0.6) is 11.5 Å². The predicted octanol–water partition coefficient (Wildman–Crippen LogP) is 13.3. The molecular formula is C52H54N4O2. The smallest absolute Gasteiger partial charge is 0.163 e. The second kappa shape index (κ2) is 15.2. The van der Waals surface area contributed by atoms with Crippen molar-refractivity contribution in [1.29, 1.82) is 0 Å². The number of fused-ring (bicyclic) bond motifs is 8. The minimum absolute atomic E-state index is 0.169. The van der Waals surface area contributed by atoms with Crippen LogP contribution in [-0.4, -0.2) is 33.1 Å². The largest absolute Gasteiger partial charge is 0.490 e. The summed E-state index contributed by atoms with van der Waals surface area (Å²) in [6.45, 7) is 19.2. The first kappa shape index (κ1) is 39.1. The Hall–Kier alpha value is -5.72. The monoisotopic (exact) mass is 766 g/mol. The van der Waals surface area contributed by atoms with Crippen LogP contribution in [0.25, 0.3) is 76.5 Å². The number of hydrogen-bond donors (Lipinski definition) is 0. The molecule has 0 unspecified atom stereocenters. The van der Waals surface area contributed by atoms with Gasteiger partial charge in [0, 0.05) is 55.6 Å². The minimum Gasteiger partial charge on any atom is -0.490 e.